The minimum atomic E-state index is -0.565. The molecular formula is C22H23ClN4O5S. The van der Waals surface area contributed by atoms with Crippen LogP contribution in [0.15, 0.2) is 52.4 Å². The Balaban J connectivity index is 1.75. The molecule has 3 aromatic rings. The lowest BCUT2D eigenvalue weighted by atomic mass is 10.2. The van der Waals surface area contributed by atoms with E-state index < -0.39 is 4.92 Å². The zero-order chi connectivity index (χ0) is 24.0. The molecule has 0 unspecified atom stereocenters. The molecule has 1 amide bonds. The second kappa shape index (κ2) is 11.3. The third-order valence-corrected chi connectivity index (χ3v) is 5.86. The predicted octanol–water partition coefficient (Wildman–Crippen LogP) is 4.50. The quantitative estimate of drug-likeness (QED) is 0.146. The number of anilines is 1. The number of nitrogens with zero attached hydrogens (tertiary/aromatic N) is 3. The Morgan fingerprint density at radius 1 is 1.30 bits per heavy atom. The summed E-state index contributed by atoms with van der Waals surface area (Å²) in [5.41, 5.74) is 0.478. The van der Waals surface area contributed by atoms with Crippen molar-refractivity contribution in [2.75, 3.05) is 17.7 Å². The summed E-state index contributed by atoms with van der Waals surface area (Å²) in [6.07, 6.45) is 0.719. The SMILES string of the molecule is CC(C)OCCCn1c(SCC(=O)Nc2ccc([N+](=O)[O-])cc2Cl)nc2ccccc2c1=O. The number of para-hydroxylation sites is 1. The van der Waals surface area contributed by atoms with Crippen LogP contribution in [-0.2, 0) is 16.1 Å². The molecule has 2 aromatic carbocycles. The summed E-state index contributed by atoms with van der Waals surface area (Å²) in [7, 11) is 0. The Morgan fingerprint density at radius 3 is 2.76 bits per heavy atom. The van der Waals surface area contributed by atoms with Gasteiger partial charge in [-0.05, 0) is 38.5 Å². The molecule has 0 aliphatic heterocycles. The molecular weight excluding hydrogens is 468 g/mol. The van der Waals surface area contributed by atoms with Gasteiger partial charge in [-0.1, -0.05) is 35.5 Å². The lowest BCUT2D eigenvalue weighted by molar-refractivity contribution is -0.384. The van der Waals surface area contributed by atoms with E-state index in [-0.39, 0.29) is 39.7 Å². The van der Waals surface area contributed by atoms with Gasteiger partial charge in [-0.25, -0.2) is 4.98 Å². The molecule has 0 saturated heterocycles. The number of thioether (sulfide) groups is 1. The number of carbonyl (C=O) groups excluding carboxylic acids is 1. The van der Waals surface area contributed by atoms with Crippen LogP contribution >= 0.6 is 23.4 Å². The van der Waals surface area contributed by atoms with Crippen LogP contribution in [0.3, 0.4) is 0 Å². The number of rotatable bonds is 10. The van der Waals surface area contributed by atoms with Gasteiger partial charge < -0.3 is 10.1 Å². The molecule has 0 spiro atoms. The zero-order valence-corrected chi connectivity index (χ0v) is 19.7. The van der Waals surface area contributed by atoms with Gasteiger partial charge >= 0.3 is 0 Å². The molecule has 11 heteroatoms. The molecule has 1 heterocycles. The van der Waals surface area contributed by atoms with E-state index in [1.807, 2.05) is 13.8 Å². The van der Waals surface area contributed by atoms with Crippen molar-refractivity contribution in [3.8, 4) is 0 Å². The van der Waals surface area contributed by atoms with Gasteiger partial charge in [0.25, 0.3) is 11.2 Å². The lowest BCUT2D eigenvalue weighted by Gasteiger charge is -2.14. The van der Waals surface area contributed by atoms with Gasteiger partial charge in [0.2, 0.25) is 5.91 Å². The molecule has 1 N–H and O–H groups in total. The van der Waals surface area contributed by atoms with E-state index in [4.69, 9.17) is 16.3 Å². The standard InChI is InChI=1S/C22H23ClN4O5S/c1-14(2)32-11-5-10-26-21(29)16-6-3-4-7-18(16)25-22(26)33-13-20(28)24-19-9-8-15(27(30)31)12-17(19)23/h3-4,6-9,12,14H,5,10-11,13H2,1-2H3,(H,24,28). The molecule has 0 fully saturated rings. The minimum absolute atomic E-state index is 0.0272. The normalized spacial score (nSPS) is 11.2. The van der Waals surface area contributed by atoms with Gasteiger partial charge in [-0.3, -0.25) is 24.3 Å². The Bertz CT molecular complexity index is 1230. The second-order valence-corrected chi connectivity index (χ2v) is 8.75. The third kappa shape index (κ3) is 6.53. The van der Waals surface area contributed by atoms with Crippen molar-refractivity contribution in [2.45, 2.75) is 38.1 Å². The van der Waals surface area contributed by atoms with Crippen LogP contribution in [0.5, 0.6) is 0 Å². The predicted molar refractivity (Wildman–Crippen MR) is 129 cm³/mol. The Labute approximate surface area is 199 Å². The highest BCUT2D eigenvalue weighted by atomic mass is 35.5. The van der Waals surface area contributed by atoms with Crippen molar-refractivity contribution in [3.05, 3.63) is 68.0 Å². The molecule has 0 radical (unpaired) electrons. The summed E-state index contributed by atoms with van der Waals surface area (Å²) >= 11 is 7.17. The molecule has 0 saturated carbocycles. The number of amides is 1. The maximum atomic E-state index is 13.0. The highest BCUT2D eigenvalue weighted by Gasteiger charge is 2.15. The number of halogens is 1. The van der Waals surface area contributed by atoms with E-state index >= 15 is 0 Å². The first kappa shape index (κ1) is 24.7. The summed E-state index contributed by atoms with van der Waals surface area (Å²) in [6.45, 7) is 4.80. The van der Waals surface area contributed by atoms with Gasteiger partial charge in [0.15, 0.2) is 5.16 Å². The van der Waals surface area contributed by atoms with E-state index in [9.17, 15) is 19.7 Å². The third-order valence-electron chi connectivity index (χ3n) is 4.57. The van der Waals surface area contributed by atoms with E-state index in [0.29, 0.717) is 35.6 Å². The van der Waals surface area contributed by atoms with Crippen molar-refractivity contribution < 1.29 is 14.5 Å². The topological polar surface area (TPSA) is 116 Å². The Hall–Kier alpha value is -2.95. The Morgan fingerprint density at radius 2 is 2.06 bits per heavy atom. The summed E-state index contributed by atoms with van der Waals surface area (Å²) in [4.78, 5) is 40.4. The first-order valence-corrected chi connectivity index (χ1v) is 11.6. The number of hydrogen-bond donors (Lipinski definition) is 1. The van der Waals surface area contributed by atoms with Crippen molar-refractivity contribution >= 4 is 51.5 Å². The smallest absolute Gasteiger partial charge is 0.271 e. The molecule has 33 heavy (non-hydrogen) atoms. The number of hydrogen-bond acceptors (Lipinski definition) is 7. The molecule has 9 nitrogen and oxygen atoms in total. The fourth-order valence-electron chi connectivity index (χ4n) is 3.03. The van der Waals surface area contributed by atoms with Gasteiger partial charge in [-0.2, -0.15) is 0 Å². The van der Waals surface area contributed by atoms with Crippen LogP contribution < -0.4 is 10.9 Å². The fourth-order valence-corrected chi connectivity index (χ4v) is 4.08. The fraction of sp³-hybridized carbons (Fsp3) is 0.318. The maximum Gasteiger partial charge on any atom is 0.271 e. The molecule has 1 aromatic heterocycles. The number of ether oxygens (including phenoxy) is 1. The number of aromatic nitrogens is 2. The highest BCUT2D eigenvalue weighted by molar-refractivity contribution is 7.99. The van der Waals surface area contributed by atoms with Crippen LogP contribution in [0.2, 0.25) is 5.02 Å². The molecule has 0 aliphatic carbocycles. The van der Waals surface area contributed by atoms with Crippen molar-refractivity contribution in [1.29, 1.82) is 0 Å². The summed E-state index contributed by atoms with van der Waals surface area (Å²) < 4.78 is 7.13. The highest BCUT2D eigenvalue weighted by Crippen LogP contribution is 2.27. The number of nitro groups is 1. The number of nitro benzene ring substituents is 1. The van der Waals surface area contributed by atoms with Crippen LogP contribution in [0.1, 0.15) is 20.3 Å². The summed E-state index contributed by atoms with van der Waals surface area (Å²) in [6, 6.07) is 10.9. The van der Waals surface area contributed by atoms with Crippen molar-refractivity contribution in [3.63, 3.8) is 0 Å². The molecule has 0 aliphatic rings. The molecule has 0 atom stereocenters. The van der Waals surface area contributed by atoms with Crippen molar-refractivity contribution in [1.82, 2.24) is 9.55 Å². The van der Waals surface area contributed by atoms with Gasteiger partial charge in [0.05, 0.1) is 38.4 Å². The molecule has 3 rings (SSSR count). The van der Waals surface area contributed by atoms with Gasteiger partial charge in [0.1, 0.15) is 0 Å². The van der Waals surface area contributed by atoms with E-state index in [2.05, 4.69) is 10.3 Å². The largest absolute Gasteiger partial charge is 0.379 e. The van der Waals surface area contributed by atoms with E-state index in [0.717, 1.165) is 11.8 Å². The first-order chi connectivity index (χ1) is 15.8. The number of non-ortho nitro benzene ring substituents is 1. The average molecular weight is 491 g/mol. The molecule has 174 valence electrons. The van der Waals surface area contributed by atoms with Gasteiger partial charge in [0, 0.05) is 25.3 Å². The first-order valence-electron chi connectivity index (χ1n) is 10.2. The zero-order valence-electron chi connectivity index (χ0n) is 18.1. The Kier molecular flexibility index (Phi) is 8.43. The minimum Gasteiger partial charge on any atom is -0.379 e. The number of carbonyl (C=O) groups is 1. The van der Waals surface area contributed by atoms with Crippen LogP contribution in [0.25, 0.3) is 10.9 Å². The van der Waals surface area contributed by atoms with E-state index in [1.165, 1.54) is 18.2 Å². The van der Waals surface area contributed by atoms with Crippen LogP contribution in [-0.4, -0.2) is 38.8 Å². The number of fused-ring (bicyclic) bond motifs is 1. The summed E-state index contributed by atoms with van der Waals surface area (Å²) in [5.74, 6) is -0.409. The van der Waals surface area contributed by atoms with Crippen LogP contribution in [0.4, 0.5) is 11.4 Å². The number of benzene rings is 2. The summed E-state index contributed by atoms with van der Waals surface area (Å²) in [5, 5.41) is 14.5. The van der Waals surface area contributed by atoms with Gasteiger partial charge in [-0.15, -0.1) is 0 Å². The average Bonchev–Trinajstić information content (AvgIpc) is 2.77. The lowest BCUT2D eigenvalue weighted by Crippen LogP contribution is -2.25. The monoisotopic (exact) mass is 490 g/mol. The maximum absolute atomic E-state index is 13.0. The second-order valence-electron chi connectivity index (χ2n) is 7.40. The van der Waals surface area contributed by atoms with Crippen LogP contribution in [0, 0.1) is 10.1 Å². The van der Waals surface area contributed by atoms with Crippen molar-refractivity contribution in [2.24, 2.45) is 0 Å². The number of nitrogens with one attached hydrogen (secondary N) is 1. The van der Waals surface area contributed by atoms with E-state index in [1.54, 1.807) is 28.8 Å². The molecule has 0 bridgehead atoms.